The summed E-state index contributed by atoms with van der Waals surface area (Å²) >= 11 is 0. The summed E-state index contributed by atoms with van der Waals surface area (Å²) in [5, 5.41) is 2.16. The van der Waals surface area contributed by atoms with E-state index in [0.29, 0.717) is 0 Å². The van der Waals surface area contributed by atoms with Crippen LogP contribution in [0.3, 0.4) is 0 Å². The molecule has 0 fully saturated rings. The largest absolute Gasteiger partial charge is 0.456 e. The Balaban J connectivity index is 1.95. The summed E-state index contributed by atoms with van der Waals surface area (Å²) in [6.07, 6.45) is 1.75. The van der Waals surface area contributed by atoms with E-state index in [4.69, 9.17) is 4.42 Å². The average molecular weight is 269 g/mol. The predicted molar refractivity (Wildman–Crippen MR) is 83.9 cm³/mol. The molecule has 0 saturated carbocycles. The van der Waals surface area contributed by atoms with Crippen molar-refractivity contribution in [3.63, 3.8) is 0 Å². The number of aromatic nitrogens is 1. The number of nitrogens with zero attached hydrogens (tertiary/aromatic N) is 1. The Morgan fingerprint density at radius 3 is 2.52 bits per heavy atom. The van der Waals surface area contributed by atoms with E-state index in [1.165, 1.54) is 0 Å². The van der Waals surface area contributed by atoms with E-state index in [1.807, 2.05) is 54.6 Å². The fourth-order valence-electron chi connectivity index (χ4n) is 2.45. The van der Waals surface area contributed by atoms with Gasteiger partial charge in [0.05, 0.1) is 0 Å². The summed E-state index contributed by atoms with van der Waals surface area (Å²) in [6.45, 7) is 0. The van der Waals surface area contributed by atoms with Crippen molar-refractivity contribution in [2.75, 3.05) is 0 Å². The minimum absolute atomic E-state index is 0.766. The van der Waals surface area contributed by atoms with Crippen LogP contribution in [0.5, 0.6) is 0 Å². The van der Waals surface area contributed by atoms with Crippen LogP contribution in [0.2, 0.25) is 0 Å². The monoisotopic (exact) mass is 269 g/mol. The minimum Gasteiger partial charge on any atom is -0.456 e. The topological polar surface area (TPSA) is 26.0 Å². The van der Waals surface area contributed by atoms with Gasteiger partial charge in [0.1, 0.15) is 16.9 Å². The lowest BCUT2D eigenvalue weighted by molar-refractivity contribution is 0.669. The third-order valence-electron chi connectivity index (χ3n) is 3.39. The highest BCUT2D eigenvalue weighted by molar-refractivity contribution is 6.07. The number of benzene rings is 2. The zero-order valence-electron chi connectivity index (χ0n) is 11.2. The summed E-state index contributed by atoms with van der Waals surface area (Å²) in [6, 6.07) is 19.7. The van der Waals surface area contributed by atoms with Crippen molar-refractivity contribution in [1.82, 2.24) is 4.98 Å². The minimum atomic E-state index is 0.766. The van der Waals surface area contributed by atoms with E-state index in [0.717, 1.165) is 33.2 Å². The molecule has 4 aromatic rings. The van der Waals surface area contributed by atoms with Crippen LogP contribution < -0.4 is 0 Å². The molecule has 0 aliphatic heterocycles. The number of pyridine rings is 1. The van der Waals surface area contributed by atoms with Gasteiger partial charge in [-0.1, -0.05) is 36.3 Å². The van der Waals surface area contributed by atoms with Crippen molar-refractivity contribution >= 4 is 21.9 Å². The lowest BCUT2D eigenvalue weighted by atomic mass is 10.1. The molecule has 98 valence electrons. The van der Waals surface area contributed by atoms with E-state index in [1.54, 1.807) is 6.20 Å². The number of hydrogen-bond donors (Lipinski definition) is 0. The lowest BCUT2D eigenvalue weighted by Gasteiger charge is -1.94. The quantitative estimate of drug-likeness (QED) is 0.443. The van der Waals surface area contributed by atoms with Crippen LogP contribution in [0.4, 0.5) is 0 Å². The number of fused-ring (bicyclic) bond motifs is 3. The first kappa shape index (κ1) is 11.7. The molecule has 2 heterocycles. The molecule has 0 spiro atoms. The van der Waals surface area contributed by atoms with Crippen LogP contribution in [-0.2, 0) is 0 Å². The zero-order valence-corrected chi connectivity index (χ0v) is 11.2. The smallest absolute Gasteiger partial charge is 0.136 e. The van der Waals surface area contributed by atoms with Crippen LogP contribution in [0.25, 0.3) is 21.9 Å². The molecule has 0 bridgehead atoms. The molecule has 0 radical (unpaired) electrons. The van der Waals surface area contributed by atoms with Gasteiger partial charge in [0.25, 0.3) is 0 Å². The molecule has 0 amide bonds. The van der Waals surface area contributed by atoms with Crippen LogP contribution in [-0.4, -0.2) is 4.98 Å². The van der Waals surface area contributed by atoms with Gasteiger partial charge in [-0.2, -0.15) is 0 Å². The summed E-state index contributed by atoms with van der Waals surface area (Å²) in [7, 11) is 0. The van der Waals surface area contributed by atoms with Crippen LogP contribution in [0.1, 0.15) is 11.3 Å². The van der Waals surface area contributed by atoms with Crippen LogP contribution in [0, 0.1) is 11.8 Å². The Hall–Kier alpha value is -3.05. The van der Waals surface area contributed by atoms with Gasteiger partial charge in [-0.05, 0) is 36.3 Å². The number of furan rings is 1. The van der Waals surface area contributed by atoms with Gasteiger partial charge >= 0.3 is 0 Å². The van der Waals surface area contributed by atoms with Gasteiger partial charge in [0, 0.05) is 22.5 Å². The van der Waals surface area contributed by atoms with Gasteiger partial charge in [0.15, 0.2) is 0 Å². The second-order valence-electron chi connectivity index (χ2n) is 4.74. The second-order valence-corrected chi connectivity index (χ2v) is 4.74. The van der Waals surface area contributed by atoms with Crippen molar-refractivity contribution in [1.29, 1.82) is 0 Å². The Kier molecular flexibility index (Phi) is 2.69. The van der Waals surface area contributed by atoms with Gasteiger partial charge in [0.2, 0.25) is 0 Å². The zero-order chi connectivity index (χ0) is 14.1. The molecular formula is C19H11NO. The summed E-state index contributed by atoms with van der Waals surface area (Å²) in [5.41, 5.74) is 3.48. The molecule has 2 aromatic carbocycles. The number of para-hydroxylation sites is 1. The van der Waals surface area contributed by atoms with Gasteiger partial charge < -0.3 is 4.42 Å². The van der Waals surface area contributed by atoms with Gasteiger partial charge in [-0.15, -0.1) is 0 Å². The highest BCUT2D eigenvalue weighted by atomic mass is 16.3. The van der Waals surface area contributed by atoms with E-state index >= 15 is 0 Å². The summed E-state index contributed by atoms with van der Waals surface area (Å²) in [4.78, 5) is 4.23. The Bertz CT molecular complexity index is 988. The molecule has 2 aromatic heterocycles. The maximum absolute atomic E-state index is 5.86. The second kappa shape index (κ2) is 4.81. The maximum atomic E-state index is 5.86. The Morgan fingerprint density at radius 2 is 1.62 bits per heavy atom. The predicted octanol–water partition coefficient (Wildman–Crippen LogP) is 4.38. The standard InChI is InChI=1S/C19H11NO/c1-2-9-17-16(8-1)19-14(6-5-10-18(19)21-17)11-12-15-7-3-4-13-20-15/h1-10,13H. The molecule has 0 atom stereocenters. The Labute approximate surface area is 122 Å². The third-order valence-corrected chi connectivity index (χ3v) is 3.39. The van der Waals surface area contributed by atoms with Gasteiger partial charge in [-0.25, -0.2) is 4.98 Å². The molecule has 0 N–H and O–H groups in total. The SMILES string of the molecule is C(#Cc1cccc2oc3ccccc3c12)c1ccccn1. The fourth-order valence-corrected chi connectivity index (χ4v) is 2.45. The normalized spacial score (nSPS) is 10.5. The maximum Gasteiger partial charge on any atom is 0.136 e. The van der Waals surface area contributed by atoms with Crippen LogP contribution in [0.15, 0.2) is 71.3 Å². The highest BCUT2D eigenvalue weighted by Gasteiger charge is 2.08. The van der Waals surface area contributed by atoms with Crippen molar-refractivity contribution in [3.05, 3.63) is 78.1 Å². The van der Waals surface area contributed by atoms with Crippen molar-refractivity contribution in [3.8, 4) is 11.8 Å². The molecule has 4 rings (SSSR count). The molecule has 2 heteroatoms. The lowest BCUT2D eigenvalue weighted by Crippen LogP contribution is -1.80. The fraction of sp³-hybridized carbons (Fsp3) is 0. The Morgan fingerprint density at radius 1 is 0.762 bits per heavy atom. The van der Waals surface area contributed by atoms with E-state index in [9.17, 15) is 0 Å². The average Bonchev–Trinajstić information content (AvgIpc) is 2.93. The first-order valence-electron chi connectivity index (χ1n) is 6.75. The molecule has 0 unspecified atom stereocenters. The first-order chi connectivity index (χ1) is 10.4. The summed E-state index contributed by atoms with van der Waals surface area (Å²) < 4.78 is 5.86. The molecule has 0 aliphatic carbocycles. The van der Waals surface area contributed by atoms with E-state index < -0.39 is 0 Å². The molecule has 21 heavy (non-hydrogen) atoms. The molecule has 2 nitrogen and oxygen atoms in total. The highest BCUT2D eigenvalue weighted by Crippen LogP contribution is 2.30. The summed E-state index contributed by atoms with van der Waals surface area (Å²) in [5.74, 6) is 6.31. The molecule has 0 saturated heterocycles. The molecule has 0 aliphatic rings. The van der Waals surface area contributed by atoms with Crippen molar-refractivity contribution < 1.29 is 4.42 Å². The van der Waals surface area contributed by atoms with Crippen LogP contribution >= 0.6 is 0 Å². The number of hydrogen-bond acceptors (Lipinski definition) is 2. The molecular weight excluding hydrogens is 258 g/mol. The first-order valence-corrected chi connectivity index (χ1v) is 6.75. The van der Waals surface area contributed by atoms with Crippen molar-refractivity contribution in [2.45, 2.75) is 0 Å². The van der Waals surface area contributed by atoms with E-state index in [-0.39, 0.29) is 0 Å². The van der Waals surface area contributed by atoms with Gasteiger partial charge in [-0.3, -0.25) is 0 Å². The number of rotatable bonds is 0. The van der Waals surface area contributed by atoms with Crippen molar-refractivity contribution in [2.24, 2.45) is 0 Å². The van der Waals surface area contributed by atoms with E-state index in [2.05, 4.69) is 22.9 Å². The third kappa shape index (κ3) is 2.05.